The summed E-state index contributed by atoms with van der Waals surface area (Å²) < 4.78 is 29.5. The van der Waals surface area contributed by atoms with Crippen LogP contribution in [-0.2, 0) is 11.3 Å². The Kier molecular flexibility index (Phi) is 3.36. The van der Waals surface area contributed by atoms with E-state index in [-0.39, 0.29) is 6.61 Å². The van der Waals surface area contributed by atoms with Gasteiger partial charge in [-0.3, -0.25) is 0 Å². The second-order valence-electron chi connectivity index (χ2n) is 3.20. The molecule has 1 aromatic carbocycles. The Labute approximate surface area is 95.6 Å². The summed E-state index contributed by atoms with van der Waals surface area (Å²) >= 11 is 5.80. The van der Waals surface area contributed by atoms with E-state index >= 15 is 0 Å². The van der Waals surface area contributed by atoms with Crippen LogP contribution in [0.5, 0.6) is 0 Å². The van der Waals surface area contributed by atoms with Crippen LogP contribution in [0.25, 0.3) is 11.0 Å². The molecule has 0 radical (unpaired) electrons. The molecule has 0 atom stereocenters. The highest BCUT2D eigenvalue weighted by molar-refractivity contribution is 6.31. The second-order valence-corrected chi connectivity index (χ2v) is 3.64. The molecule has 16 heavy (non-hydrogen) atoms. The molecule has 0 bridgehead atoms. The van der Waals surface area contributed by atoms with E-state index in [0.29, 0.717) is 11.6 Å². The topological polar surface area (TPSA) is 27.1 Å². The van der Waals surface area contributed by atoms with Gasteiger partial charge >= 0.3 is 6.61 Å². The minimum absolute atomic E-state index is 0.0498. The summed E-state index contributed by atoms with van der Waals surface area (Å²) in [6.07, 6.45) is 1.58. The standard InChI is InChI=1S/C10H9ClF2N2O/c11-7-1-2-9-8(5-7)14-6-15(9)3-4-16-10(12)13/h1-2,5-6,10H,3-4H2. The van der Waals surface area contributed by atoms with E-state index in [1.165, 1.54) is 0 Å². The van der Waals surface area contributed by atoms with E-state index in [0.717, 1.165) is 11.0 Å². The van der Waals surface area contributed by atoms with Gasteiger partial charge in [0.15, 0.2) is 0 Å². The van der Waals surface area contributed by atoms with Crippen molar-refractivity contribution in [1.82, 2.24) is 9.55 Å². The molecule has 0 unspecified atom stereocenters. The normalized spacial score (nSPS) is 11.5. The van der Waals surface area contributed by atoms with Gasteiger partial charge in [0.1, 0.15) is 0 Å². The molecule has 1 heterocycles. The van der Waals surface area contributed by atoms with Crippen molar-refractivity contribution >= 4 is 22.6 Å². The van der Waals surface area contributed by atoms with Crippen molar-refractivity contribution in [2.75, 3.05) is 6.61 Å². The van der Waals surface area contributed by atoms with E-state index in [9.17, 15) is 8.78 Å². The predicted octanol–water partition coefficient (Wildman–Crippen LogP) is 2.93. The number of fused-ring (bicyclic) bond motifs is 1. The summed E-state index contributed by atoms with van der Waals surface area (Å²) in [5.41, 5.74) is 1.59. The lowest BCUT2D eigenvalue weighted by Gasteiger charge is -2.04. The van der Waals surface area contributed by atoms with Crippen molar-refractivity contribution in [3.63, 3.8) is 0 Å². The first kappa shape index (κ1) is 11.3. The molecule has 2 rings (SSSR count). The van der Waals surface area contributed by atoms with Crippen LogP contribution in [0, 0.1) is 0 Å². The Morgan fingerprint density at radius 3 is 3.00 bits per heavy atom. The minimum Gasteiger partial charge on any atom is -0.328 e. The Morgan fingerprint density at radius 2 is 2.25 bits per heavy atom. The van der Waals surface area contributed by atoms with Gasteiger partial charge in [-0.2, -0.15) is 8.78 Å². The number of imidazole rings is 1. The summed E-state index contributed by atoms with van der Waals surface area (Å²) in [5, 5.41) is 0.599. The average Bonchev–Trinajstić information content (AvgIpc) is 2.60. The molecule has 1 aromatic heterocycles. The smallest absolute Gasteiger partial charge is 0.328 e. The van der Waals surface area contributed by atoms with Crippen LogP contribution in [0.4, 0.5) is 8.78 Å². The van der Waals surface area contributed by atoms with Crippen LogP contribution < -0.4 is 0 Å². The van der Waals surface area contributed by atoms with Crippen LogP contribution in [0.2, 0.25) is 5.02 Å². The Bertz CT molecular complexity index is 487. The van der Waals surface area contributed by atoms with Crippen LogP contribution in [0.3, 0.4) is 0 Å². The van der Waals surface area contributed by atoms with Crippen molar-refractivity contribution in [1.29, 1.82) is 0 Å². The molecule has 2 aromatic rings. The lowest BCUT2D eigenvalue weighted by molar-refractivity contribution is -0.130. The molecule has 86 valence electrons. The van der Waals surface area contributed by atoms with Gasteiger partial charge in [0, 0.05) is 11.6 Å². The highest BCUT2D eigenvalue weighted by Crippen LogP contribution is 2.17. The number of alkyl halides is 2. The minimum atomic E-state index is -2.73. The van der Waals surface area contributed by atoms with Crippen molar-refractivity contribution < 1.29 is 13.5 Å². The van der Waals surface area contributed by atoms with E-state index in [4.69, 9.17) is 11.6 Å². The molecule has 0 N–H and O–H groups in total. The molecule has 0 aliphatic rings. The Hall–Kier alpha value is -1.20. The SMILES string of the molecule is FC(F)OCCn1cnc2cc(Cl)ccc21. The predicted molar refractivity (Wildman–Crippen MR) is 56.7 cm³/mol. The van der Waals surface area contributed by atoms with E-state index < -0.39 is 6.61 Å². The van der Waals surface area contributed by atoms with Crippen molar-refractivity contribution in [2.45, 2.75) is 13.2 Å². The van der Waals surface area contributed by atoms with Crippen LogP contribution in [0.15, 0.2) is 24.5 Å². The van der Waals surface area contributed by atoms with Gasteiger partial charge in [0.25, 0.3) is 0 Å². The fourth-order valence-electron chi connectivity index (χ4n) is 1.46. The highest BCUT2D eigenvalue weighted by atomic mass is 35.5. The lowest BCUT2D eigenvalue weighted by atomic mass is 10.3. The molecule has 0 spiro atoms. The first-order valence-electron chi connectivity index (χ1n) is 4.67. The second kappa shape index (κ2) is 4.76. The van der Waals surface area contributed by atoms with E-state index in [1.54, 1.807) is 29.1 Å². The van der Waals surface area contributed by atoms with Gasteiger partial charge in [-0.25, -0.2) is 4.98 Å². The number of hydrogen-bond acceptors (Lipinski definition) is 2. The number of nitrogens with zero attached hydrogens (tertiary/aromatic N) is 2. The number of ether oxygens (including phenoxy) is 1. The number of benzene rings is 1. The average molecular weight is 247 g/mol. The maximum atomic E-state index is 11.8. The summed E-state index contributed by atoms with van der Waals surface area (Å²) in [6.45, 7) is -2.45. The summed E-state index contributed by atoms with van der Waals surface area (Å²) in [5.74, 6) is 0. The van der Waals surface area contributed by atoms with Crippen LogP contribution in [-0.4, -0.2) is 22.8 Å². The lowest BCUT2D eigenvalue weighted by Crippen LogP contribution is -2.08. The maximum absolute atomic E-state index is 11.8. The first-order valence-corrected chi connectivity index (χ1v) is 5.05. The summed E-state index contributed by atoms with van der Waals surface area (Å²) in [4.78, 5) is 4.11. The van der Waals surface area contributed by atoms with Crippen molar-refractivity contribution in [3.8, 4) is 0 Å². The molecule has 3 nitrogen and oxygen atoms in total. The highest BCUT2D eigenvalue weighted by Gasteiger charge is 2.05. The Balaban J connectivity index is 2.13. The van der Waals surface area contributed by atoms with Crippen molar-refractivity contribution in [3.05, 3.63) is 29.5 Å². The number of halogens is 3. The van der Waals surface area contributed by atoms with E-state index in [1.807, 2.05) is 0 Å². The molecule has 0 aliphatic carbocycles. The maximum Gasteiger partial charge on any atom is 0.345 e. The monoisotopic (exact) mass is 246 g/mol. The van der Waals surface area contributed by atoms with Gasteiger partial charge in [0.2, 0.25) is 0 Å². The largest absolute Gasteiger partial charge is 0.345 e. The molecular weight excluding hydrogens is 238 g/mol. The molecule has 0 saturated heterocycles. The molecule has 0 aliphatic heterocycles. The van der Waals surface area contributed by atoms with Gasteiger partial charge in [-0.05, 0) is 18.2 Å². The number of rotatable bonds is 4. The zero-order valence-electron chi connectivity index (χ0n) is 8.24. The van der Waals surface area contributed by atoms with E-state index in [2.05, 4.69) is 9.72 Å². The number of hydrogen-bond donors (Lipinski definition) is 0. The third-order valence-corrected chi connectivity index (χ3v) is 2.39. The first-order chi connectivity index (χ1) is 7.66. The van der Waals surface area contributed by atoms with Crippen LogP contribution >= 0.6 is 11.6 Å². The fraction of sp³-hybridized carbons (Fsp3) is 0.300. The van der Waals surface area contributed by atoms with Crippen LogP contribution in [0.1, 0.15) is 0 Å². The Morgan fingerprint density at radius 1 is 1.44 bits per heavy atom. The van der Waals surface area contributed by atoms with Gasteiger partial charge < -0.3 is 9.30 Å². The molecule has 0 amide bonds. The van der Waals surface area contributed by atoms with Gasteiger partial charge in [-0.1, -0.05) is 11.6 Å². The summed E-state index contributed by atoms with van der Waals surface area (Å²) in [7, 11) is 0. The zero-order valence-corrected chi connectivity index (χ0v) is 8.99. The molecule has 6 heteroatoms. The zero-order chi connectivity index (χ0) is 11.5. The summed E-state index contributed by atoms with van der Waals surface area (Å²) in [6, 6.07) is 5.25. The van der Waals surface area contributed by atoms with Gasteiger partial charge in [0.05, 0.1) is 24.0 Å². The third-order valence-electron chi connectivity index (χ3n) is 2.16. The number of aromatic nitrogens is 2. The fourth-order valence-corrected chi connectivity index (χ4v) is 1.62. The molecule has 0 saturated carbocycles. The van der Waals surface area contributed by atoms with Gasteiger partial charge in [-0.15, -0.1) is 0 Å². The van der Waals surface area contributed by atoms with Crippen molar-refractivity contribution in [2.24, 2.45) is 0 Å². The molecule has 0 fully saturated rings. The third kappa shape index (κ3) is 2.48. The molecular formula is C10H9ClF2N2O. The quantitative estimate of drug-likeness (QED) is 0.829.